The van der Waals surface area contributed by atoms with Crippen LogP contribution in [0.1, 0.15) is 31.2 Å². The van der Waals surface area contributed by atoms with Gasteiger partial charge in [0, 0.05) is 31.1 Å². The first kappa shape index (κ1) is 18.9. The van der Waals surface area contributed by atoms with Crippen LogP contribution in [0.3, 0.4) is 0 Å². The van der Waals surface area contributed by atoms with Gasteiger partial charge in [-0.2, -0.15) is 0 Å². The Morgan fingerprint density at radius 2 is 2.04 bits per heavy atom. The summed E-state index contributed by atoms with van der Waals surface area (Å²) in [5, 5.41) is 11.5. The van der Waals surface area contributed by atoms with Crippen molar-refractivity contribution in [2.75, 3.05) is 27.3 Å². The topological polar surface area (TPSA) is 88.1 Å². The second-order valence-corrected chi connectivity index (χ2v) is 6.23. The predicted molar refractivity (Wildman–Crippen MR) is 92.9 cm³/mol. The Hall–Kier alpha value is -2.44. The number of methoxy groups -OCH3 is 2. The molecule has 0 unspecified atom stereocenters. The summed E-state index contributed by atoms with van der Waals surface area (Å²) in [7, 11) is 3.19. The van der Waals surface area contributed by atoms with Gasteiger partial charge in [-0.15, -0.1) is 0 Å². The van der Waals surface area contributed by atoms with E-state index < -0.39 is 5.97 Å². The Morgan fingerprint density at radius 1 is 1.28 bits per heavy atom. The minimum atomic E-state index is -0.855. The molecule has 1 fully saturated rings. The summed E-state index contributed by atoms with van der Waals surface area (Å²) < 4.78 is 10.6. The highest BCUT2D eigenvalue weighted by molar-refractivity contribution is 5.74. The van der Waals surface area contributed by atoms with Crippen LogP contribution in [0.25, 0.3) is 0 Å². The summed E-state index contributed by atoms with van der Waals surface area (Å²) in [4.78, 5) is 24.8. The summed E-state index contributed by atoms with van der Waals surface area (Å²) >= 11 is 0. The lowest BCUT2D eigenvalue weighted by Gasteiger charge is -2.24. The average molecular weight is 350 g/mol. The molecule has 7 heteroatoms. The summed E-state index contributed by atoms with van der Waals surface area (Å²) in [6, 6.07) is 5.37. The van der Waals surface area contributed by atoms with Gasteiger partial charge in [-0.1, -0.05) is 0 Å². The highest BCUT2D eigenvalue weighted by atomic mass is 16.5. The van der Waals surface area contributed by atoms with Gasteiger partial charge in [-0.05, 0) is 37.3 Å². The molecule has 0 aromatic heterocycles. The minimum absolute atomic E-state index is 0.0508. The molecule has 0 heterocycles. The first-order valence-electron chi connectivity index (χ1n) is 8.49. The van der Waals surface area contributed by atoms with Crippen molar-refractivity contribution in [1.82, 2.24) is 10.2 Å². The predicted octanol–water partition coefficient (Wildman–Crippen LogP) is 2.49. The SMILES string of the molecule is COc1ccc(CN(CC2CC2)C(=O)NCCCC(=O)O)c(OC)c1. The third-order valence-electron chi connectivity index (χ3n) is 4.16. The molecule has 2 amide bonds. The molecule has 0 saturated heterocycles. The first-order valence-corrected chi connectivity index (χ1v) is 8.49. The number of hydrogen-bond donors (Lipinski definition) is 2. The molecule has 138 valence electrons. The van der Waals surface area contributed by atoms with Gasteiger partial charge in [0.1, 0.15) is 11.5 Å². The number of hydrogen-bond acceptors (Lipinski definition) is 4. The summed E-state index contributed by atoms with van der Waals surface area (Å²) in [6.07, 6.45) is 2.75. The fraction of sp³-hybridized carbons (Fsp3) is 0.556. The van der Waals surface area contributed by atoms with E-state index in [9.17, 15) is 9.59 Å². The molecule has 0 bridgehead atoms. The van der Waals surface area contributed by atoms with Crippen LogP contribution in [0.4, 0.5) is 4.79 Å². The quantitative estimate of drug-likeness (QED) is 0.633. The number of aliphatic carboxylic acids is 1. The maximum atomic E-state index is 12.5. The van der Waals surface area contributed by atoms with Gasteiger partial charge in [0.25, 0.3) is 0 Å². The molecule has 0 spiro atoms. The Balaban J connectivity index is 1.99. The molecule has 1 aliphatic rings. The summed E-state index contributed by atoms with van der Waals surface area (Å²) in [6.45, 7) is 1.49. The molecule has 7 nitrogen and oxygen atoms in total. The lowest BCUT2D eigenvalue weighted by Crippen LogP contribution is -2.41. The molecule has 1 aromatic rings. The van der Waals surface area contributed by atoms with Crippen molar-refractivity contribution in [3.8, 4) is 11.5 Å². The molecule has 2 N–H and O–H groups in total. The molecule has 0 radical (unpaired) electrons. The zero-order valence-electron chi connectivity index (χ0n) is 14.8. The van der Waals surface area contributed by atoms with Crippen molar-refractivity contribution in [1.29, 1.82) is 0 Å². The second kappa shape index (κ2) is 9.15. The van der Waals surface area contributed by atoms with E-state index in [1.165, 1.54) is 0 Å². The molecule has 0 aliphatic heterocycles. The van der Waals surface area contributed by atoms with E-state index >= 15 is 0 Å². The Morgan fingerprint density at radius 3 is 2.64 bits per heavy atom. The number of ether oxygens (including phenoxy) is 2. The van der Waals surface area contributed by atoms with E-state index in [-0.39, 0.29) is 12.5 Å². The summed E-state index contributed by atoms with van der Waals surface area (Å²) in [5.41, 5.74) is 0.907. The van der Waals surface area contributed by atoms with Crippen LogP contribution in [0.2, 0.25) is 0 Å². The number of nitrogens with zero attached hydrogens (tertiary/aromatic N) is 1. The maximum absolute atomic E-state index is 12.5. The van der Waals surface area contributed by atoms with Crippen molar-refractivity contribution in [2.45, 2.75) is 32.2 Å². The highest BCUT2D eigenvalue weighted by Crippen LogP contribution is 2.31. The molecular weight excluding hydrogens is 324 g/mol. The number of benzene rings is 1. The normalized spacial score (nSPS) is 13.2. The highest BCUT2D eigenvalue weighted by Gasteiger charge is 2.27. The zero-order valence-corrected chi connectivity index (χ0v) is 14.8. The largest absolute Gasteiger partial charge is 0.497 e. The van der Waals surface area contributed by atoms with E-state index in [1.807, 2.05) is 12.1 Å². The van der Waals surface area contributed by atoms with Crippen molar-refractivity contribution < 1.29 is 24.2 Å². The van der Waals surface area contributed by atoms with Gasteiger partial charge in [-0.3, -0.25) is 4.79 Å². The molecule has 25 heavy (non-hydrogen) atoms. The van der Waals surface area contributed by atoms with E-state index in [1.54, 1.807) is 25.2 Å². The molecule has 0 atom stereocenters. The lowest BCUT2D eigenvalue weighted by molar-refractivity contribution is -0.137. The number of nitrogens with one attached hydrogen (secondary N) is 1. The number of carboxylic acid groups (broad SMARTS) is 1. The van der Waals surface area contributed by atoms with Gasteiger partial charge < -0.3 is 24.8 Å². The lowest BCUT2D eigenvalue weighted by atomic mass is 10.1. The number of rotatable bonds is 10. The molecule has 1 aliphatic carbocycles. The number of carbonyl (C=O) groups is 2. The molecular formula is C18H26N2O5. The van der Waals surface area contributed by atoms with Gasteiger partial charge in [-0.25, -0.2) is 4.79 Å². The van der Waals surface area contributed by atoms with Crippen LogP contribution in [0.15, 0.2) is 18.2 Å². The van der Waals surface area contributed by atoms with Gasteiger partial charge in [0.05, 0.1) is 20.8 Å². The van der Waals surface area contributed by atoms with Crippen LogP contribution in [-0.2, 0) is 11.3 Å². The number of amides is 2. The van der Waals surface area contributed by atoms with Gasteiger partial charge in [0.15, 0.2) is 0 Å². The molecule has 2 rings (SSSR count). The Kier molecular flexibility index (Phi) is 6.91. The Bertz CT molecular complexity index is 601. The standard InChI is InChI=1S/C18H26N2O5/c1-24-15-8-7-14(16(10-15)25-2)12-20(11-13-5-6-13)18(23)19-9-3-4-17(21)22/h7-8,10,13H,3-6,9,11-12H2,1-2H3,(H,19,23)(H,21,22). The van der Waals surface area contributed by atoms with Crippen LogP contribution >= 0.6 is 0 Å². The zero-order chi connectivity index (χ0) is 18.2. The van der Waals surface area contributed by atoms with Gasteiger partial charge >= 0.3 is 12.0 Å². The van der Waals surface area contributed by atoms with Crippen LogP contribution < -0.4 is 14.8 Å². The van der Waals surface area contributed by atoms with Crippen LogP contribution in [-0.4, -0.2) is 49.3 Å². The summed E-state index contributed by atoms with van der Waals surface area (Å²) in [5.74, 6) is 1.08. The Labute approximate surface area is 147 Å². The third-order valence-corrected chi connectivity index (χ3v) is 4.16. The van der Waals surface area contributed by atoms with Crippen LogP contribution in [0.5, 0.6) is 11.5 Å². The second-order valence-electron chi connectivity index (χ2n) is 6.23. The van der Waals surface area contributed by atoms with Crippen molar-refractivity contribution >= 4 is 12.0 Å². The monoisotopic (exact) mass is 350 g/mol. The third kappa shape index (κ3) is 6.17. The molecule has 1 aromatic carbocycles. The van der Waals surface area contributed by atoms with E-state index in [0.717, 1.165) is 18.4 Å². The van der Waals surface area contributed by atoms with E-state index in [2.05, 4.69) is 5.32 Å². The molecule has 1 saturated carbocycles. The number of carbonyl (C=O) groups excluding carboxylic acids is 1. The van der Waals surface area contributed by atoms with Crippen molar-refractivity contribution in [3.63, 3.8) is 0 Å². The fourth-order valence-corrected chi connectivity index (χ4v) is 2.57. The smallest absolute Gasteiger partial charge is 0.317 e. The minimum Gasteiger partial charge on any atom is -0.497 e. The van der Waals surface area contributed by atoms with Crippen molar-refractivity contribution in [3.05, 3.63) is 23.8 Å². The van der Waals surface area contributed by atoms with Crippen LogP contribution in [0, 0.1) is 5.92 Å². The van der Waals surface area contributed by atoms with E-state index in [4.69, 9.17) is 14.6 Å². The van der Waals surface area contributed by atoms with Crippen molar-refractivity contribution in [2.24, 2.45) is 5.92 Å². The van der Waals surface area contributed by atoms with E-state index in [0.29, 0.717) is 43.5 Å². The van der Waals surface area contributed by atoms with Gasteiger partial charge in [0.2, 0.25) is 0 Å². The first-order chi connectivity index (χ1) is 12.0. The average Bonchev–Trinajstić information content (AvgIpc) is 3.42. The number of carboxylic acids is 1. The maximum Gasteiger partial charge on any atom is 0.317 e. The number of urea groups is 1. The fourth-order valence-electron chi connectivity index (χ4n) is 2.57.